The van der Waals surface area contributed by atoms with Gasteiger partial charge in [0.2, 0.25) is 11.8 Å². The Morgan fingerprint density at radius 3 is 2.81 bits per heavy atom. The molecule has 2 heterocycles. The molecule has 0 bridgehead atoms. The van der Waals surface area contributed by atoms with E-state index in [1.54, 1.807) is 0 Å². The largest absolute Gasteiger partial charge is 0.376 e. The molecular weight excluding hydrogens is 342 g/mol. The molecule has 1 unspecified atom stereocenters. The summed E-state index contributed by atoms with van der Waals surface area (Å²) in [5, 5.41) is 4.08. The number of nitrogens with zero attached hydrogens (tertiary/aromatic N) is 3. The summed E-state index contributed by atoms with van der Waals surface area (Å²) in [6, 6.07) is 10.1. The Balaban J connectivity index is 1.23. The molecule has 1 amide bonds. The smallest absolute Gasteiger partial charge is 0.231 e. The molecule has 1 aromatic heterocycles. The van der Waals surface area contributed by atoms with E-state index in [4.69, 9.17) is 9.26 Å². The molecule has 4 rings (SSSR count). The van der Waals surface area contributed by atoms with Gasteiger partial charge in [-0.2, -0.15) is 4.98 Å². The number of ether oxygens (including phenoxy) is 1. The first-order valence-corrected chi connectivity index (χ1v) is 10.0. The molecule has 1 saturated heterocycles. The van der Waals surface area contributed by atoms with Crippen LogP contribution in [-0.2, 0) is 22.6 Å². The van der Waals surface area contributed by atoms with Gasteiger partial charge in [0.15, 0.2) is 5.82 Å². The Bertz CT molecular complexity index is 740. The molecule has 0 N–H and O–H groups in total. The number of likely N-dealkylation sites (tertiary alicyclic amines) is 1. The van der Waals surface area contributed by atoms with Crippen LogP contribution in [0.5, 0.6) is 0 Å². The van der Waals surface area contributed by atoms with Crippen LogP contribution >= 0.6 is 0 Å². The summed E-state index contributed by atoms with van der Waals surface area (Å²) in [7, 11) is 0. The number of hydrogen-bond acceptors (Lipinski definition) is 5. The second-order valence-electron chi connectivity index (χ2n) is 7.59. The number of hydrogen-bond donors (Lipinski definition) is 0. The maximum atomic E-state index is 12.6. The van der Waals surface area contributed by atoms with Crippen LogP contribution in [0.25, 0.3) is 0 Å². The maximum Gasteiger partial charge on any atom is 0.231 e. The number of aromatic nitrogens is 2. The molecule has 6 nitrogen and oxygen atoms in total. The lowest BCUT2D eigenvalue weighted by molar-refractivity contribution is -0.134. The number of carbonyl (C=O) groups is 1. The van der Waals surface area contributed by atoms with Crippen molar-refractivity contribution in [2.24, 2.45) is 5.92 Å². The summed E-state index contributed by atoms with van der Waals surface area (Å²) in [5.74, 6) is 2.07. The van der Waals surface area contributed by atoms with E-state index < -0.39 is 0 Å². The van der Waals surface area contributed by atoms with E-state index in [2.05, 4.69) is 10.1 Å². The zero-order valence-corrected chi connectivity index (χ0v) is 15.7. The lowest BCUT2D eigenvalue weighted by Crippen LogP contribution is -2.33. The minimum absolute atomic E-state index is 0.168. The van der Waals surface area contributed by atoms with Gasteiger partial charge in [-0.25, -0.2) is 0 Å². The van der Waals surface area contributed by atoms with Gasteiger partial charge in [0, 0.05) is 25.4 Å². The fourth-order valence-electron chi connectivity index (χ4n) is 4.06. The zero-order chi connectivity index (χ0) is 18.5. The third-order valence-corrected chi connectivity index (χ3v) is 5.62. The molecule has 1 aromatic carbocycles. The van der Waals surface area contributed by atoms with E-state index in [1.165, 1.54) is 12.8 Å². The summed E-state index contributed by atoms with van der Waals surface area (Å²) in [6.07, 6.45) is 6.01. The SMILES string of the molecule is O=C(C1CCCC1)N1CCC(c2nc(CCOCc3ccccc3)no2)C1. The molecule has 27 heavy (non-hydrogen) atoms. The van der Waals surface area contributed by atoms with E-state index in [9.17, 15) is 4.79 Å². The molecule has 0 radical (unpaired) electrons. The van der Waals surface area contributed by atoms with E-state index in [-0.39, 0.29) is 11.8 Å². The van der Waals surface area contributed by atoms with Gasteiger partial charge in [-0.05, 0) is 24.8 Å². The van der Waals surface area contributed by atoms with Crippen LogP contribution in [0.4, 0.5) is 0 Å². The Morgan fingerprint density at radius 1 is 1.19 bits per heavy atom. The highest BCUT2D eigenvalue weighted by Crippen LogP contribution is 2.31. The van der Waals surface area contributed by atoms with E-state index in [1.807, 2.05) is 35.2 Å². The number of amides is 1. The quantitative estimate of drug-likeness (QED) is 0.700. The van der Waals surface area contributed by atoms with Crippen molar-refractivity contribution in [3.05, 3.63) is 47.6 Å². The first kappa shape index (κ1) is 18.2. The predicted molar refractivity (Wildman–Crippen MR) is 100.0 cm³/mol. The lowest BCUT2D eigenvalue weighted by Gasteiger charge is -2.19. The zero-order valence-electron chi connectivity index (χ0n) is 15.7. The molecule has 2 aliphatic rings. The number of carbonyl (C=O) groups excluding carboxylic acids is 1. The summed E-state index contributed by atoms with van der Waals surface area (Å²) >= 11 is 0. The van der Waals surface area contributed by atoms with E-state index in [0.717, 1.165) is 31.4 Å². The third-order valence-electron chi connectivity index (χ3n) is 5.62. The Kier molecular flexibility index (Phi) is 5.82. The summed E-state index contributed by atoms with van der Waals surface area (Å²) in [5.41, 5.74) is 1.16. The van der Waals surface area contributed by atoms with Gasteiger partial charge in [0.1, 0.15) is 0 Å². The van der Waals surface area contributed by atoms with Gasteiger partial charge in [-0.15, -0.1) is 0 Å². The molecule has 144 valence electrons. The second kappa shape index (κ2) is 8.65. The first-order valence-electron chi connectivity index (χ1n) is 10.0. The van der Waals surface area contributed by atoms with Gasteiger partial charge in [-0.1, -0.05) is 48.3 Å². The lowest BCUT2D eigenvalue weighted by atomic mass is 10.1. The van der Waals surface area contributed by atoms with Crippen LogP contribution in [0.15, 0.2) is 34.9 Å². The summed E-state index contributed by atoms with van der Waals surface area (Å²) in [4.78, 5) is 19.1. The van der Waals surface area contributed by atoms with Crippen LogP contribution in [0.1, 0.15) is 55.3 Å². The molecule has 1 aliphatic heterocycles. The van der Waals surface area contributed by atoms with Crippen LogP contribution in [0, 0.1) is 5.92 Å². The topological polar surface area (TPSA) is 68.5 Å². The van der Waals surface area contributed by atoms with Crippen molar-refractivity contribution in [2.75, 3.05) is 19.7 Å². The Hall–Kier alpha value is -2.21. The number of benzene rings is 1. The maximum absolute atomic E-state index is 12.6. The van der Waals surface area contributed by atoms with Crippen LogP contribution in [0.3, 0.4) is 0 Å². The molecule has 1 aliphatic carbocycles. The van der Waals surface area contributed by atoms with Crippen molar-refractivity contribution < 1.29 is 14.1 Å². The minimum atomic E-state index is 0.168. The summed E-state index contributed by atoms with van der Waals surface area (Å²) in [6.45, 7) is 2.66. The van der Waals surface area contributed by atoms with Gasteiger partial charge >= 0.3 is 0 Å². The molecule has 2 fully saturated rings. The van der Waals surface area contributed by atoms with E-state index in [0.29, 0.717) is 43.8 Å². The monoisotopic (exact) mass is 369 g/mol. The molecular formula is C21H27N3O3. The highest BCUT2D eigenvalue weighted by atomic mass is 16.5. The first-order chi connectivity index (χ1) is 13.3. The molecule has 1 atom stereocenters. The van der Waals surface area contributed by atoms with Crippen molar-refractivity contribution in [1.29, 1.82) is 0 Å². The highest BCUT2D eigenvalue weighted by molar-refractivity contribution is 5.79. The molecule has 0 spiro atoms. The Labute approximate surface area is 159 Å². The van der Waals surface area contributed by atoms with E-state index >= 15 is 0 Å². The number of rotatable bonds is 7. The normalized spacial score (nSPS) is 20.4. The van der Waals surface area contributed by atoms with Crippen molar-refractivity contribution in [1.82, 2.24) is 15.0 Å². The average molecular weight is 369 g/mol. The highest BCUT2D eigenvalue weighted by Gasteiger charge is 2.34. The standard InChI is InChI=1S/C21H27N3O3/c25-21(17-8-4-5-9-17)24-12-10-18(14-24)20-22-19(23-27-20)11-13-26-15-16-6-2-1-3-7-16/h1-3,6-7,17-18H,4-5,8-15H2. The van der Waals surface area contributed by atoms with Gasteiger partial charge < -0.3 is 14.2 Å². The van der Waals surface area contributed by atoms with Crippen LogP contribution in [0.2, 0.25) is 0 Å². The molecule has 1 saturated carbocycles. The van der Waals surface area contributed by atoms with Gasteiger partial charge in [0.25, 0.3) is 0 Å². The van der Waals surface area contributed by atoms with Gasteiger partial charge in [-0.3, -0.25) is 4.79 Å². The van der Waals surface area contributed by atoms with Crippen molar-refractivity contribution in [3.8, 4) is 0 Å². The summed E-state index contributed by atoms with van der Waals surface area (Å²) < 4.78 is 11.2. The minimum Gasteiger partial charge on any atom is -0.376 e. The van der Waals surface area contributed by atoms with Crippen molar-refractivity contribution in [2.45, 2.75) is 51.0 Å². The average Bonchev–Trinajstić information content (AvgIpc) is 3.47. The van der Waals surface area contributed by atoms with Gasteiger partial charge in [0.05, 0.1) is 19.1 Å². The van der Waals surface area contributed by atoms with Crippen molar-refractivity contribution >= 4 is 5.91 Å². The fraction of sp³-hybridized carbons (Fsp3) is 0.571. The molecule has 6 heteroatoms. The second-order valence-corrected chi connectivity index (χ2v) is 7.59. The van der Waals surface area contributed by atoms with Crippen LogP contribution in [-0.4, -0.2) is 40.6 Å². The Morgan fingerprint density at radius 2 is 2.00 bits per heavy atom. The predicted octanol–water partition coefficient (Wildman–Crippen LogP) is 3.34. The van der Waals surface area contributed by atoms with Crippen LogP contribution < -0.4 is 0 Å². The molecule has 2 aromatic rings. The van der Waals surface area contributed by atoms with Crippen molar-refractivity contribution in [3.63, 3.8) is 0 Å². The third kappa shape index (κ3) is 4.56. The fourth-order valence-corrected chi connectivity index (χ4v) is 4.06.